The van der Waals surface area contributed by atoms with Gasteiger partial charge in [0, 0.05) is 17.9 Å². The molecule has 7 nitrogen and oxygen atoms in total. The molecule has 0 heterocycles. The van der Waals surface area contributed by atoms with Gasteiger partial charge in [-0.1, -0.05) is 26.0 Å². The Kier molecular flexibility index (Phi) is 19.2. The van der Waals surface area contributed by atoms with E-state index in [4.69, 9.17) is 10.1 Å². The summed E-state index contributed by atoms with van der Waals surface area (Å²) in [5.41, 5.74) is 1.27. The van der Waals surface area contributed by atoms with Crippen LogP contribution in [0, 0.1) is 27.2 Å². The van der Waals surface area contributed by atoms with Crippen LogP contribution in [0.5, 0.6) is 5.75 Å². The summed E-state index contributed by atoms with van der Waals surface area (Å²) in [5.74, 6) is 0.255. The number of halogens is 2. The van der Waals surface area contributed by atoms with Crippen LogP contribution in [0.1, 0.15) is 33.3 Å². The molecule has 0 bridgehead atoms. The molecule has 1 rings (SSSR count). The van der Waals surface area contributed by atoms with Crippen molar-refractivity contribution in [2.24, 2.45) is 0 Å². The van der Waals surface area contributed by atoms with Gasteiger partial charge in [-0.2, -0.15) is 0 Å². The van der Waals surface area contributed by atoms with E-state index in [-0.39, 0.29) is 11.4 Å². The summed E-state index contributed by atoms with van der Waals surface area (Å²) in [4.78, 5) is 17.8. The van der Waals surface area contributed by atoms with Crippen molar-refractivity contribution in [1.82, 2.24) is 0 Å². The van der Waals surface area contributed by atoms with Crippen LogP contribution in [-0.2, 0) is 0 Å². The van der Waals surface area contributed by atoms with E-state index in [1.54, 1.807) is 12.2 Å². The molecule has 0 atom stereocenters. The van der Waals surface area contributed by atoms with E-state index in [0.29, 0.717) is 0 Å². The van der Waals surface area contributed by atoms with E-state index in [1.165, 1.54) is 13.0 Å². The number of phenols is 1. The van der Waals surface area contributed by atoms with Gasteiger partial charge in [0.1, 0.15) is 5.75 Å². The number of aryl methyl sites for hydroxylation is 1. The number of nitrogens with zero attached hydrogens (tertiary/aromatic N) is 2. The summed E-state index contributed by atoms with van der Waals surface area (Å²) < 4.78 is 1.44. The van der Waals surface area contributed by atoms with Crippen molar-refractivity contribution in [2.45, 2.75) is 34.6 Å². The molecule has 1 aromatic rings. The van der Waals surface area contributed by atoms with Crippen LogP contribution in [0.15, 0.2) is 45.0 Å². The van der Waals surface area contributed by atoms with Gasteiger partial charge >= 0.3 is 0 Å². The first-order valence-corrected chi connectivity index (χ1v) is 8.78. The average Bonchev–Trinajstić information content (AvgIpc) is 2.52. The zero-order valence-corrected chi connectivity index (χ0v) is 18.3. The van der Waals surface area contributed by atoms with Crippen LogP contribution in [0.3, 0.4) is 0 Å². The molecule has 0 aliphatic rings. The third-order valence-electron chi connectivity index (χ3n) is 1.98. The number of phenolic OH excluding ortho intramolecular Hbond substituents is 1. The highest BCUT2D eigenvalue weighted by atomic mass is 79.9. The number of hydrogen-bond acceptors (Lipinski definition) is 5. The van der Waals surface area contributed by atoms with Crippen molar-refractivity contribution in [3.8, 4) is 5.75 Å². The fourth-order valence-electron chi connectivity index (χ4n) is 0.989. The van der Waals surface area contributed by atoms with Gasteiger partial charge in [0.05, 0.1) is 13.9 Å². The van der Waals surface area contributed by atoms with Crippen LogP contribution >= 0.6 is 31.9 Å². The molecular weight excluding hydrogens is 460 g/mol. The highest BCUT2D eigenvalue weighted by Crippen LogP contribution is 2.32. The Hall–Kier alpha value is -1.74. The first kappa shape index (κ1) is 28.1. The quantitative estimate of drug-likeness (QED) is 0.320. The summed E-state index contributed by atoms with van der Waals surface area (Å²) in [6, 6.07) is 3.72. The van der Waals surface area contributed by atoms with Crippen molar-refractivity contribution in [3.05, 3.63) is 70.8 Å². The largest absolute Gasteiger partial charge is 0.506 e. The molecule has 9 heteroatoms. The van der Waals surface area contributed by atoms with E-state index in [1.807, 2.05) is 39.8 Å². The molecule has 1 aromatic carbocycles. The fourth-order valence-corrected chi connectivity index (χ4v) is 2.40. The summed E-state index contributed by atoms with van der Waals surface area (Å²) in [5, 5.41) is 28.0. The van der Waals surface area contributed by atoms with E-state index < -0.39 is 9.85 Å². The molecule has 0 spiro atoms. The van der Waals surface area contributed by atoms with Gasteiger partial charge in [0.25, 0.3) is 0 Å². The second-order valence-corrected chi connectivity index (χ2v) is 5.82. The predicted octanol–water partition coefficient (Wildman–Crippen LogP) is 5.89. The Morgan fingerprint density at radius 1 is 1.16 bits per heavy atom. The molecule has 0 aromatic heterocycles. The lowest BCUT2D eigenvalue weighted by Crippen LogP contribution is -1.91. The minimum absolute atomic E-state index is 0.160. The number of aromatic hydroxyl groups is 1. The van der Waals surface area contributed by atoms with Gasteiger partial charge in [-0.15, -0.1) is 0 Å². The monoisotopic (exact) mass is 482 g/mol. The second-order valence-electron chi connectivity index (χ2n) is 4.11. The molecular formula is C16H24Br2N2O5. The summed E-state index contributed by atoms with van der Waals surface area (Å²) in [6.07, 6.45) is 4.84. The van der Waals surface area contributed by atoms with Crippen molar-refractivity contribution in [2.75, 3.05) is 7.05 Å². The van der Waals surface area contributed by atoms with Gasteiger partial charge in [-0.25, -0.2) is 0 Å². The minimum Gasteiger partial charge on any atom is -0.506 e. The zero-order valence-electron chi connectivity index (χ0n) is 15.1. The number of nitro groups is 2. The highest BCUT2D eigenvalue weighted by molar-refractivity contribution is 9.11. The Labute approximate surface area is 165 Å². The van der Waals surface area contributed by atoms with Gasteiger partial charge in [-0.05, 0) is 63.4 Å². The summed E-state index contributed by atoms with van der Waals surface area (Å²) >= 11 is 6.43. The van der Waals surface area contributed by atoms with Crippen LogP contribution < -0.4 is 0 Å². The topological polar surface area (TPSA) is 107 Å². The molecule has 0 aliphatic heterocycles. The molecule has 0 saturated carbocycles. The maximum atomic E-state index is 9.91. The minimum atomic E-state index is -0.500. The number of allylic oxidation sites excluding steroid dienone is 4. The smallest absolute Gasteiger partial charge is 0.243 e. The molecule has 0 fully saturated rings. The molecule has 0 saturated heterocycles. The summed E-state index contributed by atoms with van der Waals surface area (Å²) in [6.45, 7) is 9.23. The van der Waals surface area contributed by atoms with Crippen LogP contribution in [0.2, 0.25) is 0 Å². The normalized spacial score (nSPS) is 9.68. The molecule has 0 unspecified atom stereocenters. The third kappa shape index (κ3) is 18.4. The lowest BCUT2D eigenvalue weighted by atomic mass is 10.2. The first-order chi connectivity index (χ1) is 11.5. The average molecular weight is 484 g/mol. The number of rotatable bonds is 2. The van der Waals surface area contributed by atoms with Crippen LogP contribution in [0.4, 0.5) is 0 Å². The SMILES string of the molecule is C/C=C\C=C(/C)[N+](=O)[O-].CC.C[N+](=O)[O-].Cc1cc(Br)c(O)c(Br)c1. The Morgan fingerprint density at radius 2 is 1.52 bits per heavy atom. The Balaban J connectivity index is -0.000000298. The zero-order chi connectivity index (χ0) is 20.6. The Bertz CT molecular complexity index is 575. The maximum Gasteiger partial charge on any atom is 0.243 e. The van der Waals surface area contributed by atoms with Gasteiger partial charge in [-0.3, -0.25) is 20.2 Å². The molecule has 0 amide bonds. The van der Waals surface area contributed by atoms with Crippen LogP contribution in [-0.4, -0.2) is 22.0 Å². The van der Waals surface area contributed by atoms with E-state index >= 15 is 0 Å². The predicted molar refractivity (Wildman–Crippen MR) is 108 cm³/mol. The number of benzene rings is 1. The van der Waals surface area contributed by atoms with Crippen molar-refractivity contribution < 1.29 is 15.0 Å². The Morgan fingerprint density at radius 3 is 1.80 bits per heavy atom. The second kappa shape index (κ2) is 17.1. The van der Waals surface area contributed by atoms with E-state index in [0.717, 1.165) is 21.6 Å². The van der Waals surface area contributed by atoms with E-state index in [9.17, 15) is 15.2 Å². The first-order valence-electron chi connectivity index (χ1n) is 7.19. The van der Waals surface area contributed by atoms with Crippen molar-refractivity contribution >= 4 is 31.9 Å². The van der Waals surface area contributed by atoms with Crippen molar-refractivity contribution in [3.63, 3.8) is 0 Å². The molecule has 1 N–H and O–H groups in total. The lowest BCUT2D eigenvalue weighted by molar-refractivity contribution is -0.445. The fraction of sp³-hybridized carbons (Fsp3) is 0.375. The van der Waals surface area contributed by atoms with Gasteiger partial charge in [0.15, 0.2) is 7.05 Å². The van der Waals surface area contributed by atoms with Crippen molar-refractivity contribution in [1.29, 1.82) is 0 Å². The lowest BCUT2D eigenvalue weighted by Gasteiger charge is -2.00. The number of hydrogen-bond donors (Lipinski definition) is 1. The molecule has 25 heavy (non-hydrogen) atoms. The van der Waals surface area contributed by atoms with Gasteiger partial charge < -0.3 is 5.11 Å². The standard InChI is InChI=1S/C7H6Br2O.C6H9NO2.C2H6.CH3NO2/c1-4-2-5(8)7(10)6(9)3-4;1-3-4-5-6(2)7(8)9;1-2;1-2(3)4/h2-3,10H,1H3;3-5H,1-2H3;1-2H3;1H3/b;4-3-,6-5+;;. The molecule has 0 aliphatic carbocycles. The molecule has 142 valence electrons. The summed E-state index contributed by atoms with van der Waals surface area (Å²) in [7, 11) is 0.889. The van der Waals surface area contributed by atoms with E-state index in [2.05, 4.69) is 31.9 Å². The maximum absolute atomic E-state index is 9.91. The molecule has 0 radical (unpaired) electrons. The third-order valence-corrected chi connectivity index (χ3v) is 3.19. The van der Waals surface area contributed by atoms with Crippen LogP contribution in [0.25, 0.3) is 0 Å². The highest BCUT2D eigenvalue weighted by Gasteiger charge is 2.02. The van der Waals surface area contributed by atoms with Gasteiger partial charge in [0.2, 0.25) is 5.70 Å².